The van der Waals surface area contributed by atoms with Crippen molar-refractivity contribution in [2.45, 2.75) is 19.9 Å². The summed E-state index contributed by atoms with van der Waals surface area (Å²) in [7, 11) is 0. The third kappa shape index (κ3) is 3.59. The van der Waals surface area contributed by atoms with Crippen LogP contribution in [0, 0.1) is 0 Å². The topological polar surface area (TPSA) is 58.4 Å². The van der Waals surface area contributed by atoms with Crippen LogP contribution in [0.4, 0.5) is 5.13 Å². The fourth-order valence-electron chi connectivity index (χ4n) is 3.05. The summed E-state index contributed by atoms with van der Waals surface area (Å²) in [6.45, 7) is 4.77. The summed E-state index contributed by atoms with van der Waals surface area (Å²) in [5.41, 5.74) is 1.78. The van der Waals surface area contributed by atoms with Crippen molar-refractivity contribution in [2.24, 2.45) is 0 Å². The fourth-order valence-corrected chi connectivity index (χ4v) is 4.09. The van der Waals surface area contributed by atoms with Crippen molar-refractivity contribution in [1.29, 1.82) is 0 Å². The molecular formula is C21H21N3O2S. The second kappa shape index (κ2) is 7.50. The van der Waals surface area contributed by atoms with Gasteiger partial charge in [0.25, 0.3) is 0 Å². The zero-order chi connectivity index (χ0) is 18.8. The Bertz CT molecular complexity index is 1020. The van der Waals surface area contributed by atoms with Crippen LogP contribution in [0.3, 0.4) is 0 Å². The average Bonchev–Trinajstić information content (AvgIpc) is 3.30. The van der Waals surface area contributed by atoms with E-state index in [0.717, 1.165) is 32.1 Å². The largest absolute Gasteiger partial charge is 0.459 e. The highest BCUT2D eigenvalue weighted by molar-refractivity contribution is 7.22. The number of aromatic nitrogens is 1. The van der Waals surface area contributed by atoms with E-state index in [2.05, 4.69) is 10.3 Å². The maximum Gasteiger partial charge on any atom is 0.242 e. The number of carbonyl (C=O) groups is 1. The molecule has 0 radical (unpaired) electrons. The average molecular weight is 379 g/mol. The maximum atomic E-state index is 12.8. The Morgan fingerprint density at radius 2 is 2.00 bits per heavy atom. The first-order valence-electron chi connectivity index (χ1n) is 9.03. The molecule has 1 N–H and O–H groups in total. The number of furan rings is 1. The number of hydrogen-bond acceptors (Lipinski definition) is 5. The van der Waals surface area contributed by atoms with E-state index in [-0.39, 0.29) is 18.5 Å². The molecular weight excluding hydrogens is 358 g/mol. The van der Waals surface area contributed by atoms with Gasteiger partial charge in [0.15, 0.2) is 5.13 Å². The Hall–Kier alpha value is -2.70. The number of para-hydroxylation sites is 2. The van der Waals surface area contributed by atoms with E-state index in [1.165, 1.54) is 11.3 Å². The van der Waals surface area contributed by atoms with Crippen molar-refractivity contribution in [3.63, 3.8) is 0 Å². The lowest BCUT2D eigenvalue weighted by molar-refractivity contribution is -0.117. The number of amides is 1. The summed E-state index contributed by atoms with van der Waals surface area (Å²) >= 11 is 1.54. The molecule has 1 unspecified atom stereocenters. The Morgan fingerprint density at radius 3 is 2.78 bits per heavy atom. The number of nitrogens with one attached hydrogen (secondary N) is 1. The van der Waals surface area contributed by atoms with Crippen LogP contribution in [0.25, 0.3) is 21.2 Å². The lowest BCUT2D eigenvalue weighted by Crippen LogP contribution is -2.38. The van der Waals surface area contributed by atoms with E-state index in [1.54, 1.807) is 4.90 Å². The molecule has 2 heterocycles. The van der Waals surface area contributed by atoms with E-state index in [1.807, 2.05) is 68.4 Å². The highest BCUT2D eigenvalue weighted by Gasteiger charge is 2.19. The minimum absolute atomic E-state index is 0.000447. The first-order valence-corrected chi connectivity index (χ1v) is 9.85. The molecule has 0 bridgehead atoms. The lowest BCUT2D eigenvalue weighted by Gasteiger charge is -2.19. The molecule has 2 aromatic heterocycles. The first-order chi connectivity index (χ1) is 13.2. The van der Waals surface area contributed by atoms with Crippen LogP contribution in [0.5, 0.6) is 0 Å². The van der Waals surface area contributed by atoms with Crippen molar-refractivity contribution in [2.75, 3.05) is 18.0 Å². The summed E-state index contributed by atoms with van der Waals surface area (Å²) in [4.78, 5) is 19.1. The summed E-state index contributed by atoms with van der Waals surface area (Å²) in [5, 5.41) is 5.07. The maximum absolute atomic E-state index is 12.8. The third-order valence-electron chi connectivity index (χ3n) is 4.56. The van der Waals surface area contributed by atoms with E-state index < -0.39 is 0 Å². The van der Waals surface area contributed by atoms with Crippen LogP contribution < -0.4 is 10.2 Å². The molecule has 0 spiro atoms. The van der Waals surface area contributed by atoms with Gasteiger partial charge in [-0.15, -0.1) is 0 Å². The van der Waals surface area contributed by atoms with Gasteiger partial charge in [0.2, 0.25) is 5.91 Å². The van der Waals surface area contributed by atoms with Crippen LogP contribution in [-0.4, -0.2) is 24.0 Å². The van der Waals surface area contributed by atoms with Gasteiger partial charge in [0.1, 0.15) is 11.3 Å². The summed E-state index contributed by atoms with van der Waals surface area (Å²) in [5.74, 6) is 0.826. The molecule has 2 aromatic carbocycles. The van der Waals surface area contributed by atoms with Crippen molar-refractivity contribution in [3.05, 3.63) is 60.4 Å². The molecule has 1 amide bonds. The monoisotopic (exact) mass is 379 g/mol. The minimum Gasteiger partial charge on any atom is -0.459 e. The number of thiazole rings is 1. The van der Waals surface area contributed by atoms with Gasteiger partial charge < -0.3 is 4.42 Å². The standard InChI is InChI=1S/C21H21N3O2S/c1-3-24(21-23-16-9-5-7-11-19(16)27-21)20(25)13-22-14(2)18-12-15-8-4-6-10-17(15)26-18/h4-12,14,22H,3,13H2,1-2H3. The van der Waals surface area contributed by atoms with Gasteiger partial charge in [-0.2, -0.15) is 0 Å². The van der Waals surface area contributed by atoms with Gasteiger partial charge in [-0.1, -0.05) is 41.7 Å². The van der Waals surface area contributed by atoms with Crippen LogP contribution in [-0.2, 0) is 4.79 Å². The number of carbonyl (C=O) groups excluding carboxylic acids is 1. The summed E-state index contributed by atoms with van der Waals surface area (Å²) in [6.07, 6.45) is 0. The van der Waals surface area contributed by atoms with Gasteiger partial charge in [-0.25, -0.2) is 4.98 Å². The van der Waals surface area contributed by atoms with Crippen LogP contribution in [0.15, 0.2) is 59.0 Å². The number of likely N-dealkylation sites (N-methyl/N-ethyl adjacent to an activating group) is 1. The number of anilines is 1. The molecule has 4 rings (SSSR count). The second-order valence-electron chi connectivity index (χ2n) is 6.39. The lowest BCUT2D eigenvalue weighted by atomic mass is 10.2. The Morgan fingerprint density at radius 1 is 1.22 bits per heavy atom. The fraction of sp³-hybridized carbons (Fsp3) is 0.238. The van der Waals surface area contributed by atoms with Crippen molar-refractivity contribution in [3.8, 4) is 0 Å². The smallest absolute Gasteiger partial charge is 0.242 e. The molecule has 0 aliphatic rings. The highest BCUT2D eigenvalue weighted by Crippen LogP contribution is 2.28. The molecule has 4 aromatic rings. The van der Waals surface area contributed by atoms with Crippen molar-refractivity contribution in [1.82, 2.24) is 10.3 Å². The normalized spacial score (nSPS) is 12.5. The van der Waals surface area contributed by atoms with Crippen molar-refractivity contribution < 1.29 is 9.21 Å². The molecule has 0 aliphatic carbocycles. The van der Waals surface area contributed by atoms with Crippen LogP contribution >= 0.6 is 11.3 Å². The molecule has 0 saturated carbocycles. The van der Waals surface area contributed by atoms with Gasteiger partial charge in [-0.05, 0) is 38.1 Å². The first kappa shape index (κ1) is 17.7. The zero-order valence-electron chi connectivity index (χ0n) is 15.3. The molecule has 6 heteroatoms. The van der Waals surface area contributed by atoms with Gasteiger partial charge >= 0.3 is 0 Å². The number of rotatable bonds is 6. The Balaban J connectivity index is 1.45. The molecule has 0 saturated heterocycles. The van der Waals surface area contributed by atoms with E-state index in [9.17, 15) is 4.79 Å². The molecule has 0 fully saturated rings. The second-order valence-corrected chi connectivity index (χ2v) is 7.40. The van der Waals surface area contributed by atoms with Gasteiger partial charge in [0, 0.05) is 11.9 Å². The van der Waals surface area contributed by atoms with Gasteiger partial charge in [-0.3, -0.25) is 15.0 Å². The number of nitrogens with zero attached hydrogens (tertiary/aromatic N) is 2. The van der Waals surface area contributed by atoms with E-state index in [4.69, 9.17) is 4.42 Å². The molecule has 1 atom stereocenters. The predicted molar refractivity (Wildman–Crippen MR) is 110 cm³/mol. The quantitative estimate of drug-likeness (QED) is 0.525. The van der Waals surface area contributed by atoms with Crippen LogP contribution in [0.2, 0.25) is 0 Å². The summed E-state index contributed by atoms with van der Waals surface area (Å²) < 4.78 is 6.96. The molecule has 0 aliphatic heterocycles. The zero-order valence-corrected chi connectivity index (χ0v) is 16.1. The molecule has 138 valence electrons. The number of hydrogen-bond donors (Lipinski definition) is 1. The Labute approximate surface area is 161 Å². The highest BCUT2D eigenvalue weighted by atomic mass is 32.1. The Kier molecular flexibility index (Phi) is 4.92. The third-order valence-corrected chi connectivity index (χ3v) is 5.62. The van der Waals surface area contributed by atoms with Crippen molar-refractivity contribution >= 4 is 43.6 Å². The molecule has 27 heavy (non-hydrogen) atoms. The van der Waals surface area contributed by atoms with Gasteiger partial charge in [0.05, 0.1) is 22.8 Å². The SMILES string of the molecule is CCN(C(=O)CNC(C)c1cc2ccccc2o1)c1nc2ccccc2s1. The number of benzene rings is 2. The number of fused-ring (bicyclic) bond motifs is 2. The predicted octanol–water partition coefficient (Wildman–Crippen LogP) is 4.75. The molecule has 5 nitrogen and oxygen atoms in total. The summed E-state index contributed by atoms with van der Waals surface area (Å²) in [6, 6.07) is 17.8. The van der Waals surface area contributed by atoms with Crippen LogP contribution in [0.1, 0.15) is 25.6 Å². The minimum atomic E-state index is -0.0598. The van der Waals surface area contributed by atoms with E-state index >= 15 is 0 Å². The van der Waals surface area contributed by atoms with E-state index in [0.29, 0.717) is 6.54 Å².